The van der Waals surface area contributed by atoms with Crippen molar-refractivity contribution in [3.63, 3.8) is 0 Å². The summed E-state index contributed by atoms with van der Waals surface area (Å²) in [5.74, 6) is 0. The first-order chi connectivity index (χ1) is 11.7. The van der Waals surface area contributed by atoms with E-state index in [0.717, 1.165) is 56.4 Å². The van der Waals surface area contributed by atoms with Crippen LogP contribution in [0.5, 0.6) is 0 Å². The Bertz CT molecular complexity index is 725. The van der Waals surface area contributed by atoms with E-state index >= 15 is 0 Å². The highest BCUT2D eigenvalue weighted by Gasteiger charge is 2.21. The number of imidazole rings is 1. The Kier molecular flexibility index (Phi) is 5.74. The highest BCUT2D eigenvalue weighted by molar-refractivity contribution is 5.77. The van der Waals surface area contributed by atoms with E-state index < -0.39 is 0 Å². The van der Waals surface area contributed by atoms with E-state index in [1.54, 1.807) is 0 Å². The number of nitrogens with two attached hydrogens (primary N) is 1. The number of piperidine rings is 1. The molecule has 0 saturated carbocycles. The first-order valence-corrected chi connectivity index (χ1v) is 9.33. The molecule has 0 aliphatic carbocycles. The third kappa shape index (κ3) is 3.57. The lowest BCUT2D eigenvalue weighted by molar-refractivity contribution is 0.369. The van der Waals surface area contributed by atoms with Crippen LogP contribution in [0, 0.1) is 0 Å². The van der Waals surface area contributed by atoms with Crippen LogP contribution in [0.4, 0.5) is 0 Å². The maximum Gasteiger partial charge on any atom is 0.329 e. The van der Waals surface area contributed by atoms with Crippen LogP contribution in [0.25, 0.3) is 11.0 Å². The van der Waals surface area contributed by atoms with Crippen molar-refractivity contribution in [3.05, 3.63) is 34.2 Å². The summed E-state index contributed by atoms with van der Waals surface area (Å²) in [6.07, 6.45) is 8.03. The third-order valence-electron chi connectivity index (χ3n) is 5.21. The van der Waals surface area contributed by atoms with E-state index in [2.05, 4.69) is 23.5 Å². The molecule has 1 unspecified atom stereocenters. The molecule has 1 aliphatic heterocycles. The van der Waals surface area contributed by atoms with E-state index in [0.29, 0.717) is 0 Å². The maximum atomic E-state index is 12.7. The number of fused-ring (bicyclic) bond motifs is 1. The summed E-state index contributed by atoms with van der Waals surface area (Å²) < 4.78 is 3.80. The molecule has 3 rings (SSSR count). The van der Waals surface area contributed by atoms with Crippen LogP contribution in [-0.4, -0.2) is 28.8 Å². The fourth-order valence-corrected chi connectivity index (χ4v) is 3.80. The lowest BCUT2D eigenvalue weighted by Gasteiger charge is -2.24. The molecule has 132 valence electrons. The SMILES string of the molecule is Cn1c(=O)n(C2CCCNC2)c2ccc(CCCCCCN)cc21. The van der Waals surface area contributed by atoms with E-state index in [1.165, 1.54) is 24.8 Å². The minimum absolute atomic E-state index is 0.110. The van der Waals surface area contributed by atoms with Crippen LogP contribution in [0.3, 0.4) is 0 Å². The molecular formula is C19H30N4O. The third-order valence-corrected chi connectivity index (χ3v) is 5.21. The predicted molar refractivity (Wildman–Crippen MR) is 99.5 cm³/mol. The summed E-state index contributed by atoms with van der Waals surface area (Å²) >= 11 is 0. The molecule has 24 heavy (non-hydrogen) atoms. The lowest BCUT2D eigenvalue weighted by atomic mass is 10.0. The van der Waals surface area contributed by atoms with Crippen molar-refractivity contribution in [2.45, 2.75) is 51.0 Å². The fourth-order valence-electron chi connectivity index (χ4n) is 3.80. The summed E-state index contributed by atoms with van der Waals surface area (Å²) in [4.78, 5) is 12.7. The molecule has 2 aromatic rings. The van der Waals surface area contributed by atoms with Gasteiger partial charge in [-0.05, 0) is 62.9 Å². The Morgan fingerprint density at radius 2 is 2.04 bits per heavy atom. The number of hydrogen-bond donors (Lipinski definition) is 2. The van der Waals surface area contributed by atoms with Gasteiger partial charge in [-0.15, -0.1) is 0 Å². The van der Waals surface area contributed by atoms with Gasteiger partial charge in [0.15, 0.2) is 0 Å². The monoisotopic (exact) mass is 330 g/mol. The zero-order valence-electron chi connectivity index (χ0n) is 14.8. The average molecular weight is 330 g/mol. The molecule has 1 saturated heterocycles. The van der Waals surface area contributed by atoms with Crippen molar-refractivity contribution in [1.29, 1.82) is 0 Å². The first-order valence-electron chi connectivity index (χ1n) is 9.33. The molecule has 2 heterocycles. The van der Waals surface area contributed by atoms with Gasteiger partial charge in [0, 0.05) is 13.6 Å². The Balaban J connectivity index is 1.80. The predicted octanol–water partition coefficient (Wildman–Crippen LogP) is 2.33. The normalized spacial score (nSPS) is 18.3. The Morgan fingerprint density at radius 3 is 2.79 bits per heavy atom. The lowest BCUT2D eigenvalue weighted by Crippen LogP contribution is -2.36. The second kappa shape index (κ2) is 7.99. The summed E-state index contributed by atoms with van der Waals surface area (Å²) in [6, 6.07) is 6.81. The molecule has 1 aromatic heterocycles. The van der Waals surface area contributed by atoms with Crippen LogP contribution in [0.1, 0.15) is 50.1 Å². The van der Waals surface area contributed by atoms with Gasteiger partial charge in [0.1, 0.15) is 0 Å². The first kappa shape index (κ1) is 17.2. The second-order valence-corrected chi connectivity index (χ2v) is 6.99. The van der Waals surface area contributed by atoms with Crippen molar-refractivity contribution in [3.8, 4) is 0 Å². The van der Waals surface area contributed by atoms with Gasteiger partial charge in [0.2, 0.25) is 0 Å². The number of rotatable bonds is 7. The van der Waals surface area contributed by atoms with Gasteiger partial charge in [-0.25, -0.2) is 4.79 Å². The van der Waals surface area contributed by atoms with Crippen LogP contribution in [-0.2, 0) is 13.5 Å². The number of unbranched alkanes of at least 4 members (excludes halogenated alkanes) is 3. The summed E-state index contributed by atoms with van der Waals surface area (Å²) in [5, 5.41) is 3.41. The fraction of sp³-hybridized carbons (Fsp3) is 0.632. The number of nitrogens with one attached hydrogen (secondary N) is 1. The molecule has 5 nitrogen and oxygen atoms in total. The van der Waals surface area contributed by atoms with Gasteiger partial charge in [-0.2, -0.15) is 0 Å². The van der Waals surface area contributed by atoms with E-state index in [4.69, 9.17) is 5.73 Å². The molecule has 0 radical (unpaired) electrons. The van der Waals surface area contributed by atoms with Crippen molar-refractivity contribution >= 4 is 11.0 Å². The number of nitrogens with zero attached hydrogens (tertiary/aromatic N) is 2. The van der Waals surface area contributed by atoms with E-state index in [9.17, 15) is 4.79 Å². The smallest absolute Gasteiger partial charge is 0.329 e. The summed E-state index contributed by atoms with van der Waals surface area (Å²) in [7, 11) is 1.89. The molecule has 1 atom stereocenters. The minimum atomic E-state index is 0.110. The van der Waals surface area contributed by atoms with Gasteiger partial charge in [-0.3, -0.25) is 9.13 Å². The van der Waals surface area contributed by atoms with Crippen LogP contribution >= 0.6 is 0 Å². The van der Waals surface area contributed by atoms with Crippen molar-refractivity contribution in [2.75, 3.05) is 19.6 Å². The van der Waals surface area contributed by atoms with Crippen LogP contribution in [0.15, 0.2) is 23.0 Å². The number of aromatic nitrogens is 2. The standard InChI is InChI=1S/C19H30N4O/c1-22-18-13-15(7-4-2-3-5-11-20)9-10-17(18)23(19(22)24)16-8-6-12-21-14-16/h9-10,13,16,21H,2-8,11-12,14,20H2,1H3. The molecule has 1 aromatic carbocycles. The molecule has 0 bridgehead atoms. The molecule has 5 heteroatoms. The largest absolute Gasteiger partial charge is 0.330 e. The Morgan fingerprint density at radius 1 is 1.21 bits per heavy atom. The van der Waals surface area contributed by atoms with Crippen molar-refractivity contribution in [1.82, 2.24) is 14.5 Å². The highest BCUT2D eigenvalue weighted by Crippen LogP contribution is 2.23. The van der Waals surface area contributed by atoms with Gasteiger partial charge in [-0.1, -0.05) is 18.9 Å². The molecule has 1 aliphatic rings. The van der Waals surface area contributed by atoms with Crippen LogP contribution < -0.4 is 16.7 Å². The molecule has 3 N–H and O–H groups in total. The molecular weight excluding hydrogens is 300 g/mol. The zero-order valence-corrected chi connectivity index (χ0v) is 14.8. The Hall–Kier alpha value is -1.59. The molecule has 1 fully saturated rings. The van der Waals surface area contributed by atoms with Gasteiger partial charge >= 0.3 is 5.69 Å². The number of aryl methyl sites for hydroxylation is 2. The van der Waals surface area contributed by atoms with E-state index in [-0.39, 0.29) is 11.7 Å². The van der Waals surface area contributed by atoms with E-state index in [1.807, 2.05) is 16.2 Å². The Labute approximate surface area is 143 Å². The minimum Gasteiger partial charge on any atom is -0.330 e. The van der Waals surface area contributed by atoms with Crippen molar-refractivity contribution < 1.29 is 0 Å². The quantitative estimate of drug-likeness (QED) is 0.766. The summed E-state index contributed by atoms with van der Waals surface area (Å²) in [6.45, 7) is 2.74. The number of hydrogen-bond acceptors (Lipinski definition) is 3. The average Bonchev–Trinajstić information content (AvgIpc) is 2.86. The number of benzene rings is 1. The molecule has 0 spiro atoms. The van der Waals surface area contributed by atoms with Crippen LogP contribution in [0.2, 0.25) is 0 Å². The second-order valence-electron chi connectivity index (χ2n) is 6.99. The van der Waals surface area contributed by atoms with Gasteiger partial charge < -0.3 is 11.1 Å². The summed E-state index contributed by atoms with van der Waals surface area (Å²) in [5.41, 5.74) is 9.11. The van der Waals surface area contributed by atoms with Gasteiger partial charge in [0.25, 0.3) is 0 Å². The van der Waals surface area contributed by atoms with Gasteiger partial charge in [0.05, 0.1) is 17.1 Å². The topological polar surface area (TPSA) is 65.0 Å². The zero-order chi connectivity index (χ0) is 16.9. The molecule has 0 amide bonds. The highest BCUT2D eigenvalue weighted by atomic mass is 16.1. The maximum absolute atomic E-state index is 12.7. The van der Waals surface area contributed by atoms with Crippen molar-refractivity contribution in [2.24, 2.45) is 12.8 Å².